The van der Waals surface area contributed by atoms with Crippen molar-refractivity contribution in [2.45, 2.75) is 38.3 Å². The van der Waals surface area contributed by atoms with E-state index < -0.39 is 0 Å². The lowest BCUT2D eigenvalue weighted by Gasteiger charge is -2.46. The summed E-state index contributed by atoms with van der Waals surface area (Å²) >= 11 is 0. The van der Waals surface area contributed by atoms with Gasteiger partial charge in [0, 0.05) is 25.7 Å². The van der Waals surface area contributed by atoms with Crippen LogP contribution in [0.25, 0.3) is 0 Å². The molecule has 0 radical (unpaired) electrons. The van der Waals surface area contributed by atoms with Crippen molar-refractivity contribution in [3.8, 4) is 0 Å². The SMILES string of the molecule is CCCN1CC(=O)O[C@@H]2C3=CC4=CN(C)CC4=CC3CC[C@H]21. The number of rotatable bonds is 2. The zero-order valence-corrected chi connectivity index (χ0v) is 13.4. The molecule has 0 spiro atoms. The molecular formula is C18H24N2O2. The summed E-state index contributed by atoms with van der Waals surface area (Å²) in [7, 11) is 2.11. The van der Waals surface area contributed by atoms with Crippen LogP contribution in [0.1, 0.15) is 26.2 Å². The van der Waals surface area contributed by atoms with Crippen LogP contribution in [0, 0.1) is 5.92 Å². The number of likely N-dealkylation sites (N-methyl/N-ethyl adjacent to an activating group) is 1. The summed E-state index contributed by atoms with van der Waals surface area (Å²) in [6.45, 7) is 4.63. The largest absolute Gasteiger partial charge is 0.455 e. The Balaban J connectivity index is 1.66. The van der Waals surface area contributed by atoms with Crippen molar-refractivity contribution in [2.24, 2.45) is 5.92 Å². The Kier molecular flexibility index (Phi) is 3.37. The molecule has 2 aliphatic heterocycles. The second-order valence-electron chi connectivity index (χ2n) is 6.97. The Hall–Kier alpha value is -1.55. The maximum absolute atomic E-state index is 12.0. The van der Waals surface area contributed by atoms with Gasteiger partial charge < -0.3 is 9.64 Å². The number of esters is 1. The van der Waals surface area contributed by atoms with Gasteiger partial charge in [0.05, 0.1) is 12.6 Å². The lowest BCUT2D eigenvalue weighted by molar-refractivity contribution is -0.163. The quantitative estimate of drug-likeness (QED) is 0.731. The molecule has 1 unspecified atom stereocenters. The average molecular weight is 300 g/mol. The summed E-state index contributed by atoms with van der Waals surface area (Å²) in [5.41, 5.74) is 4.05. The molecule has 4 rings (SSSR count). The molecular weight excluding hydrogens is 276 g/mol. The first-order valence-electron chi connectivity index (χ1n) is 8.44. The molecule has 4 nitrogen and oxygen atoms in total. The van der Waals surface area contributed by atoms with E-state index in [1.807, 2.05) is 0 Å². The van der Waals surface area contributed by atoms with Crippen LogP contribution in [0.3, 0.4) is 0 Å². The Morgan fingerprint density at radius 2 is 2.18 bits per heavy atom. The Bertz CT molecular complexity index is 590. The van der Waals surface area contributed by atoms with Gasteiger partial charge in [0.2, 0.25) is 0 Å². The predicted molar refractivity (Wildman–Crippen MR) is 85.1 cm³/mol. The lowest BCUT2D eigenvalue weighted by Crippen LogP contribution is -2.56. The van der Waals surface area contributed by atoms with Gasteiger partial charge in [-0.3, -0.25) is 9.69 Å². The highest BCUT2D eigenvalue weighted by atomic mass is 16.5. The first-order chi connectivity index (χ1) is 10.7. The van der Waals surface area contributed by atoms with Crippen LogP contribution >= 0.6 is 0 Å². The molecule has 1 saturated carbocycles. The van der Waals surface area contributed by atoms with E-state index in [2.05, 4.69) is 42.1 Å². The highest BCUT2D eigenvalue weighted by Crippen LogP contribution is 2.42. The highest BCUT2D eigenvalue weighted by molar-refractivity contribution is 5.73. The van der Waals surface area contributed by atoms with Crippen LogP contribution < -0.4 is 0 Å². The third kappa shape index (κ3) is 2.21. The normalized spacial score (nSPS) is 34.1. The number of ether oxygens (including phenoxy) is 1. The maximum Gasteiger partial charge on any atom is 0.320 e. The minimum atomic E-state index is -0.0662. The highest BCUT2D eigenvalue weighted by Gasteiger charge is 2.44. The second kappa shape index (κ2) is 5.27. The van der Waals surface area contributed by atoms with Crippen molar-refractivity contribution in [2.75, 3.05) is 26.7 Å². The number of hydrogen-bond donors (Lipinski definition) is 0. The van der Waals surface area contributed by atoms with Gasteiger partial charge in [0.25, 0.3) is 0 Å². The van der Waals surface area contributed by atoms with Crippen molar-refractivity contribution in [1.29, 1.82) is 0 Å². The summed E-state index contributed by atoms with van der Waals surface area (Å²) in [4.78, 5) is 16.6. The van der Waals surface area contributed by atoms with Crippen molar-refractivity contribution >= 4 is 5.97 Å². The Morgan fingerprint density at radius 1 is 1.32 bits per heavy atom. The van der Waals surface area contributed by atoms with Crippen LogP contribution in [-0.4, -0.2) is 54.6 Å². The van der Waals surface area contributed by atoms with E-state index in [4.69, 9.17) is 4.74 Å². The molecule has 0 aromatic rings. The molecule has 0 N–H and O–H groups in total. The predicted octanol–water partition coefficient (Wildman–Crippen LogP) is 2.10. The van der Waals surface area contributed by atoms with E-state index in [1.165, 1.54) is 23.1 Å². The molecule has 4 heteroatoms. The summed E-state index contributed by atoms with van der Waals surface area (Å²) < 4.78 is 5.79. The van der Waals surface area contributed by atoms with Gasteiger partial charge in [0.1, 0.15) is 6.10 Å². The standard InChI is InChI=1S/C18H24N2O2/c1-3-6-20-11-17(21)22-18-15-8-14-10-19(2)9-13(14)7-12(15)4-5-16(18)20/h7-8,10,12,16,18H,3-6,9,11H2,1-2H3/t12?,16-,18-/m1/s1. The smallest absolute Gasteiger partial charge is 0.320 e. The molecule has 118 valence electrons. The topological polar surface area (TPSA) is 32.8 Å². The number of allylic oxidation sites excluding steroid dienone is 2. The van der Waals surface area contributed by atoms with E-state index in [9.17, 15) is 4.79 Å². The zero-order chi connectivity index (χ0) is 15.3. The van der Waals surface area contributed by atoms with Crippen molar-refractivity contribution in [3.63, 3.8) is 0 Å². The molecule has 2 heterocycles. The summed E-state index contributed by atoms with van der Waals surface area (Å²) in [5.74, 6) is 0.387. The van der Waals surface area contributed by atoms with Gasteiger partial charge in [-0.1, -0.05) is 13.0 Å². The van der Waals surface area contributed by atoms with E-state index in [0.29, 0.717) is 18.5 Å². The van der Waals surface area contributed by atoms with Gasteiger partial charge in [0.15, 0.2) is 0 Å². The summed E-state index contributed by atoms with van der Waals surface area (Å²) in [5, 5.41) is 0. The Labute approximate surface area is 132 Å². The van der Waals surface area contributed by atoms with Crippen LogP contribution in [0.15, 0.2) is 35.1 Å². The maximum atomic E-state index is 12.0. The van der Waals surface area contributed by atoms with Crippen LogP contribution in [-0.2, 0) is 9.53 Å². The van der Waals surface area contributed by atoms with Crippen molar-refractivity contribution < 1.29 is 9.53 Å². The van der Waals surface area contributed by atoms with E-state index in [0.717, 1.165) is 25.9 Å². The fourth-order valence-electron chi connectivity index (χ4n) is 4.41. The molecule has 0 aromatic heterocycles. The number of hydrogen-bond acceptors (Lipinski definition) is 4. The van der Waals surface area contributed by atoms with Crippen LogP contribution in [0.2, 0.25) is 0 Å². The minimum Gasteiger partial charge on any atom is -0.455 e. The number of nitrogens with zero attached hydrogens (tertiary/aromatic N) is 2. The minimum absolute atomic E-state index is 0.0452. The molecule has 0 bridgehead atoms. The van der Waals surface area contributed by atoms with Crippen LogP contribution in [0.4, 0.5) is 0 Å². The third-order valence-corrected chi connectivity index (χ3v) is 5.32. The van der Waals surface area contributed by atoms with Gasteiger partial charge >= 0.3 is 5.97 Å². The van der Waals surface area contributed by atoms with Gasteiger partial charge in [-0.05, 0) is 48.6 Å². The molecule has 0 amide bonds. The van der Waals surface area contributed by atoms with E-state index in [-0.39, 0.29) is 12.1 Å². The second-order valence-corrected chi connectivity index (χ2v) is 6.97. The molecule has 3 atom stereocenters. The van der Waals surface area contributed by atoms with Crippen LogP contribution in [0.5, 0.6) is 0 Å². The summed E-state index contributed by atoms with van der Waals surface area (Å²) in [6.07, 6.45) is 10.2. The fourth-order valence-corrected chi connectivity index (χ4v) is 4.41. The monoisotopic (exact) mass is 300 g/mol. The molecule has 0 aromatic carbocycles. The Morgan fingerprint density at radius 3 is 3.00 bits per heavy atom. The number of carbonyl (C=O) groups is 1. The fraction of sp³-hybridized carbons (Fsp3) is 0.611. The molecule has 2 aliphatic carbocycles. The number of fused-ring (bicyclic) bond motifs is 4. The molecule has 4 aliphatic rings. The third-order valence-electron chi connectivity index (χ3n) is 5.32. The molecule has 2 fully saturated rings. The summed E-state index contributed by atoms with van der Waals surface area (Å²) in [6, 6.07) is 0.370. The molecule has 22 heavy (non-hydrogen) atoms. The first kappa shape index (κ1) is 14.1. The van der Waals surface area contributed by atoms with Crippen molar-refractivity contribution in [3.05, 3.63) is 35.1 Å². The lowest BCUT2D eigenvalue weighted by atomic mass is 9.73. The zero-order valence-electron chi connectivity index (χ0n) is 13.4. The van der Waals surface area contributed by atoms with Gasteiger partial charge in [-0.2, -0.15) is 0 Å². The molecule has 1 saturated heterocycles. The van der Waals surface area contributed by atoms with Crippen molar-refractivity contribution in [1.82, 2.24) is 9.80 Å². The van der Waals surface area contributed by atoms with E-state index >= 15 is 0 Å². The van der Waals surface area contributed by atoms with Gasteiger partial charge in [-0.25, -0.2) is 0 Å². The first-order valence-corrected chi connectivity index (χ1v) is 8.44. The number of carbonyl (C=O) groups excluding carboxylic acids is 1. The van der Waals surface area contributed by atoms with E-state index in [1.54, 1.807) is 0 Å². The average Bonchev–Trinajstić information content (AvgIpc) is 2.84. The van der Waals surface area contributed by atoms with Gasteiger partial charge in [-0.15, -0.1) is 0 Å². The number of morpholine rings is 1.